The van der Waals surface area contributed by atoms with Crippen LogP contribution in [0.3, 0.4) is 0 Å². The molecule has 5 N–H and O–H groups in total. The van der Waals surface area contributed by atoms with Crippen LogP contribution >= 0.6 is 15.9 Å². The quantitative estimate of drug-likeness (QED) is 0.531. The van der Waals surface area contributed by atoms with E-state index in [1.165, 1.54) is 12.1 Å². The number of hydrogen-bond acceptors (Lipinski definition) is 4. The lowest BCUT2D eigenvalue weighted by molar-refractivity contribution is -0.274. The minimum Gasteiger partial charge on any atom is -0.404 e. The molecular weight excluding hydrogens is 398 g/mol. The summed E-state index contributed by atoms with van der Waals surface area (Å²) < 4.78 is 54.0. The fourth-order valence-electron chi connectivity index (χ4n) is 1.81. The van der Waals surface area contributed by atoms with Gasteiger partial charge in [0.05, 0.1) is 21.4 Å². The predicted octanol–water partition coefficient (Wildman–Crippen LogP) is 3.90. The van der Waals surface area contributed by atoms with Crippen LogP contribution in [-0.4, -0.2) is 12.3 Å². The van der Waals surface area contributed by atoms with Gasteiger partial charge in [0.2, 0.25) is 0 Å². The van der Waals surface area contributed by atoms with E-state index < -0.39 is 23.8 Å². The average molecular weight is 408 g/mol. The van der Waals surface area contributed by atoms with Crippen molar-refractivity contribution in [2.24, 2.45) is 0 Å². The maximum atomic E-state index is 13.7. The molecular formula is C14H10BrF4N3O2. The summed E-state index contributed by atoms with van der Waals surface area (Å²) in [4.78, 5) is 12.1. The lowest BCUT2D eigenvalue weighted by Crippen LogP contribution is -2.18. The first-order chi connectivity index (χ1) is 11.1. The van der Waals surface area contributed by atoms with Crippen LogP contribution in [-0.2, 0) is 0 Å². The molecule has 5 nitrogen and oxygen atoms in total. The van der Waals surface area contributed by atoms with Gasteiger partial charge in [0, 0.05) is 5.69 Å². The molecule has 2 rings (SSSR count). The topological polar surface area (TPSA) is 90.4 Å². The lowest BCUT2D eigenvalue weighted by atomic mass is 10.1. The van der Waals surface area contributed by atoms with Crippen molar-refractivity contribution in [3.8, 4) is 5.75 Å². The van der Waals surface area contributed by atoms with Crippen LogP contribution in [0.4, 0.5) is 34.6 Å². The van der Waals surface area contributed by atoms with E-state index in [0.29, 0.717) is 0 Å². The number of alkyl halides is 3. The first-order valence-electron chi connectivity index (χ1n) is 6.28. The number of nitrogens with two attached hydrogens (primary N) is 2. The van der Waals surface area contributed by atoms with Gasteiger partial charge < -0.3 is 21.5 Å². The normalized spacial score (nSPS) is 11.2. The molecule has 0 unspecified atom stereocenters. The van der Waals surface area contributed by atoms with Crippen molar-refractivity contribution in [1.29, 1.82) is 0 Å². The van der Waals surface area contributed by atoms with Gasteiger partial charge in [0.15, 0.2) is 11.6 Å². The van der Waals surface area contributed by atoms with E-state index >= 15 is 0 Å². The molecule has 0 spiro atoms. The van der Waals surface area contributed by atoms with E-state index in [9.17, 15) is 22.4 Å². The minimum absolute atomic E-state index is 0.0921. The standard InChI is InChI=1S/C14H10BrF4N3O2/c15-8-3-2-7(12(21)11(8)16)13(23)22-6-1-4-10(9(20)5-6)24-14(17,18)19/h1-5H,20-21H2,(H,22,23). The summed E-state index contributed by atoms with van der Waals surface area (Å²) in [5.41, 5.74) is 10.2. The predicted molar refractivity (Wildman–Crippen MR) is 84.0 cm³/mol. The number of rotatable bonds is 3. The molecule has 0 atom stereocenters. The highest BCUT2D eigenvalue weighted by Crippen LogP contribution is 2.31. The molecule has 2 aromatic rings. The molecule has 0 aliphatic heterocycles. The van der Waals surface area contributed by atoms with Crippen LogP contribution in [0, 0.1) is 5.82 Å². The molecule has 0 saturated carbocycles. The summed E-state index contributed by atoms with van der Waals surface area (Å²) >= 11 is 2.93. The van der Waals surface area contributed by atoms with Crippen molar-refractivity contribution in [3.63, 3.8) is 0 Å². The number of nitrogen functional groups attached to an aromatic ring is 2. The van der Waals surface area contributed by atoms with Gasteiger partial charge in [0.25, 0.3) is 5.91 Å². The van der Waals surface area contributed by atoms with Gasteiger partial charge in [-0.05, 0) is 46.3 Å². The van der Waals surface area contributed by atoms with Gasteiger partial charge in [-0.15, -0.1) is 13.2 Å². The molecule has 128 valence electrons. The molecule has 0 bridgehead atoms. The molecule has 0 aliphatic carbocycles. The Balaban J connectivity index is 2.21. The zero-order valence-electron chi connectivity index (χ0n) is 11.7. The number of nitrogens with one attached hydrogen (secondary N) is 1. The highest BCUT2D eigenvalue weighted by atomic mass is 79.9. The van der Waals surface area contributed by atoms with Crippen molar-refractivity contribution < 1.29 is 27.1 Å². The summed E-state index contributed by atoms with van der Waals surface area (Å²) in [7, 11) is 0. The number of halogens is 5. The van der Waals surface area contributed by atoms with Gasteiger partial charge in [-0.2, -0.15) is 0 Å². The van der Waals surface area contributed by atoms with Gasteiger partial charge in [-0.25, -0.2) is 4.39 Å². The fourth-order valence-corrected chi connectivity index (χ4v) is 2.15. The van der Waals surface area contributed by atoms with Crippen LogP contribution in [0.15, 0.2) is 34.8 Å². The number of anilines is 3. The van der Waals surface area contributed by atoms with Crippen molar-refractivity contribution >= 4 is 38.9 Å². The van der Waals surface area contributed by atoms with E-state index in [1.807, 2.05) is 0 Å². The lowest BCUT2D eigenvalue weighted by Gasteiger charge is -2.13. The Morgan fingerprint density at radius 1 is 1.17 bits per heavy atom. The Bertz CT molecular complexity index is 796. The fraction of sp³-hybridized carbons (Fsp3) is 0.0714. The zero-order valence-corrected chi connectivity index (χ0v) is 13.3. The third-order valence-electron chi connectivity index (χ3n) is 2.87. The zero-order chi connectivity index (χ0) is 18.1. The second-order valence-corrected chi connectivity index (χ2v) is 5.43. The van der Waals surface area contributed by atoms with Crippen LogP contribution in [0.1, 0.15) is 10.4 Å². The molecule has 2 aromatic carbocycles. The summed E-state index contributed by atoms with van der Waals surface area (Å²) in [5, 5.41) is 2.36. The van der Waals surface area contributed by atoms with Crippen LogP contribution in [0.2, 0.25) is 0 Å². The molecule has 0 saturated heterocycles. The molecule has 0 fully saturated rings. The molecule has 0 heterocycles. The van der Waals surface area contributed by atoms with Crippen LogP contribution in [0.5, 0.6) is 5.75 Å². The number of hydrogen-bond donors (Lipinski definition) is 3. The van der Waals surface area contributed by atoms with Crippen molar-refractivity contribution in [2.75, 3.05) is 16.8 Å². The van der Waals surface area contributed by atoms with E-state index in [4.69, 9.17) is 11.5 Å². The molecule has 1 amide bonds. The second kappa shape index (κ2) is 6.56. The summed E-state index contributed by atoms with van der Waals surface area (Å²) in [6.45, 7) is 0. The smallest absolute Gasteiger partial charge is 0.404 e. The Labute approximate surface area is 141 Å². The monoisotopic (exact) mass is 407 g/mol. The van der Waals surface area contributed by atoms with Crippen molar-refractivity contribution in [3.05, 3.63) is 46.2 Å². The average Bonchev–Trinajstić information content (AvgIpc) is 2.46. The molecule has 0 aliphatic rings. The maximum Gasteiger partial charge on any atom is 0.573 e. The first-order valence-corrected chi connectivity index (χ1v) is 7.08. The van der Waals surface area contributed by atoms with Gasteiger partial charge in [-0.3, -0.25) is 4.79 Å². The summed E-state index contributed by atoms with van der Waals surface area (Å²) in [6, 6.07) is 5.77. The third-order valence-corrected chi connectivity index (χ3v) is 3.48. The van der Waals surface area contributed by atoms with Crippen molar-refractivity contribution in [1.82, 2.24) is 0 Å². The highest BCUT2D eigenvalue weighted by Gasteiger charge is 2.32. The molecule has 10 heteroatoms. The number of amides is 1. The first kappa shape index (κ1) is 17.9. The molecule has 0 radical (unpaired) electrons. The second-order valence-electron chi connectivity index (χ2n) is 4.58. The van der Waals surface area contributed by atoms with Gasteiger partial charge in [-0.1, -0.05) is 0 Å². The van der Waals surface area contributed by atoms with Crippen LogP contribution in [0.25, 0.3) is 0 Å². The maximum absolute atomic E-state index is 13.7. The number of ether oxygens (including phenoxy) is 1. The SMILES string of the molecule is Nc1cc(NC(=O)c2ccc(Br)c(F)c2N)ccc1OC(F)(F)F. The highest BCUT2D eigenvalue weighted by molar-refractivity contribution is 9.10. The van der Waals surface area contributed by atoms with E-state index in [0.717, 1.165) is 18.2 Å². The number of carbonyl (C=O) groups excluding carboxylic acids is 1. The van der Waals surface area contributed by atoms with E-state index in [2.05, 4.69) is 26.0 Å². The number of carbonyl (C=O) groups is 1. The minimum atomic E-state index is -4.89. The van der Waals surface area contributed by atoms with Crippen LogP contribution < -0.4 is 21.5 Å². The molecule has 24 heavy (non-hydrogen) atoms. The Morgan fingerprint density at radius 3 is 2.42 bits per heavy atom. The Morgan fingerprint density at radius 2 is 1.83 bits per heavy atom. The summed E-state index contributed by atoms with van der Waals surface area (Å²) in [5.74, 6) is -2.14. The van der Waals surface area contributed by atoms with Crippen molar-refractivity contribution in [2.45, 2.75) is 6.36 Å². The largest absolute Gasteiger partial charge is 0.573 e. The third kappa shape index (κ3) is 4.07. The summed E-state index contributed by atoms with van der Waals surface area (Å²) in [6.07, 6.45) is -4.89. The Hall–Kier alpha value is -2.49. The molecule has 0 aromatic heterocycles. The van der Waals surface area contributed by atoms with Gasteiger partial charge >= 0.3 is 6.36 Å². The van der Waals surface area contributed by atoms with E-state index in [1.54, 1.807) is 0 Å². The van der Waals surface area contributed by atoms with Gasteiger partial charge in [0.1, 0.15) is 0 Å². The Kier molecular flexibility index (Phi) is 4.88. The number of benzene rings is 2. The van der Waals surface area contributed by atoms with E-state index in [-0.39, 0.29) is 27.1 Å².